The largest absolute Gasteiger partial charge is 0.497 e. The summed E-state index contributed by atoms with van der Waals surface area (Å²) < 4.78 is 5.20. The highest BCUT2D eigenvalue weighted by Gasteiger charge is 2.50. The lowest BCUT2D eigenvalue weighted by Crippen LogP contribution is -3.18. The number of nitrogens with one attached hydrogen (secondary N) is 2. The lowest BCUT2D eigenvalue weighted by Gasteiger charge is -2.40. The predicted molar refractivity (Wildman–Crippen MR) is 110 cm³/mol. The first kappa shape index (κ1) is 20.4. The van der Waals surface area contributed by atoms with Gasteiger partial charge in [-0.1, -0.05) is 35.9 Å². The molecule has 0 heterocycles. The van der Waals surface area contributed by atoms with Crippen molar-refractivity contribution in [1.29, 1.82) is 0 Å². The molecule has 0 aliphatic heterocycles. The Bertz CT molecular complexity index is 870. The number of ether oxygens (including phenoxy) is 1. The average Bonchev–Trinajstić information content (AvgIpc) is 2.69. The van der Waals surface area contributed by atoms with Crippen LogP contribution in [0.15, 0.2) is 48.5 Å². The fourth-order valence-electron chi connectivity index (χ4n) is 4.10. The fraction of sp³-hybridized carbons (Fsp3) is 0.364. The Labute approximate surface area is 170 Å². The molecule has 0 radical (unpaired) electrons. The molecule has 6 heteroatoms. The van der Waals surface area contributed by atoms with E-state index in [1.807, 2.05) is 49.5 Å². The number of carbonyl (C=O) groups is 2. The SMILES string of the molecule is COc1cccc(NC(=O)C[NH+](C)[C@@]2(c3ccccc3Cl)CCCCC2=O)c1. The number of benzene rings is 2. The first-order valence-electron chi connectivity index (χ1n) is 9.52. The van der Waals surface area contributed by atoms with Gasteiger partial charge in [-0.25, -0.2) is 0 Å². The highest BCUT2D eigenvalue weighted by atomic mass is 35.5. The number of halogens is 1. The van der Waals surface area contributed by atoms with Crippen molar-refractivity contribution in [3.63, 3.8) is 0 Å². The van der Waals surface area contributed by atoms with Crippen LogP contribution in [0.2, 0.25) is 5.02 Å². The number of amides is 1. The number of quaternary nitrogens is 1. The number of hydrogen-bond donors (Lipinski definition) is 2. The molecular formula is C22H26ClN2O3+. The maximum atomic E-state index is 13.1. The smallest absolute Gasteiger partial charge is 0.279 e. The van der Waals surface area contributed by atoms with Crippen LogP contribution in [0.4, 0.5) is 5.69 Å². The lowest BCUT2D eigenvalue weighted by molar-refractivity contribution is -0.924. The summed E-state index contributed by atoms with van der Waals surface area (Å²) in [4.78, 5) is 26.7. The van der Waals surface area contributed by atoms with Gasteiger partial charge in [0.25, 0.3) is 5.91 Å². The Balaban J connectivity index is 1.84. The summed E-state index contributed by atoms with van der Waals surface area (Å²) in [5.41, 5.74) is 0.689. The van der Waals surface area contributed by atoms with E-state index in [0.29, 0.717) is 29.3 Å². The number of Topliss-reactive ketones (excluding diaryl/α,β-unsaturated/α-hetero) is 1. The van der Waals surface area contributed by atoms with Crippen LogP contribution in [-0.2, 0) is 15.1 Å². The minimum atomic E-state index is -0.789. The van der Waals surface area contributed by atoms with Crippen LogP contribution < -0.4 is 15.0 Å². The lowest BCUT2D eigenvalue weighted by atomic mass is 9.74. The van der Waals surface area contributed by atoms with E-state index in [1.165, 1.54) is 0 Å². The molecule has 1 fully saturated rings. The third kappa shape index (κ3) is 4.05. The fourth-order valence-corrected chi connectivity index (χ4v) is 4.40. The van der Waals surface area contributed by atoms with E-state index in [-0.39, 0.29) is 18.2 Å². The minimum Gasteiger partial charge on any atom is -0.497 e. The molecule has 148 valence electrons. The van der Waals surface area contributed by atoms with Gasteiger partial charge < -0.3 is 15.0 Å². The highest BCUT2D eigenvalue weighted by Crippen LogP contribution is 2.35. The topological polar surface area (TPSA) is 59.8 Å². The van der Waals surface area contributed by atoms with E-state index in [2.05, 4.69) is 5.32 Å². The highest BCUT2D eigenvalue weighted by molar-refractivity contribution is 6.31. The Hall–Kier alpha value is -2.37. The van der Waals surface area contributed by atoms with E-state index < -0.39 is 5.54 Å². The monoisotopic (exact) mass is 401 g/mol. The number of likely N-dealkylation sites (N-methyl/N-ethyl adjacent to an activating group) is 1. The zero-order chi connectivity index (χ0) is 20.1. The van der Waals surface area contributed by atoms with Crippen molar-refractivity contribution >= 4 is 29.0 Å². The number of hydrogen-bond acceptors (Lipinski definition) is 3. The summed E-state index contributed by atoms with van der Waals surface area (Å²) in [7, 11) is 3.48. The number of ketones is 1. The molecule has 2 aromatic carbocycles. The Morgan fingerprint density at radius 2 is 2.00 bits per heavy atom. The normalized spacial score (nSPS) is 20.5. The van der Waals surface area contributed by atoms with Crippen molar-refractivity contribution < 1.29 is 19.2 Å². The maximum Gasteiger partial charge on any atom is 0.279 e. The molecular weight excluding hydrogens is 376 g/mol. The molecule has 2 aromatic rings. The molecule has 0 bridgehead atoms. The molecule has 1 amide bonds. The molecule has 2 N–H and O–H groups in total. The molecule has 0 spiro atoms. The number of anilines is 1. The van der Waals surface area contributed by atoms with Crippen LogP contribution >= 0.6 is 11.6 Å². The standard InChI is InChI=1S/C22H25ClN2O3/c1-25(15-21(27)24-16-8-7-9-17(14-16)28-2)22(13-6-5-12-20(22)26)18-10-3-4-11-19(18)23/h3-4,7-11,14H,5-6,12-13,15H2,1-2H3,(H,24,27)/p+1/t22-/m1/s1. The van der Waals surface area contributed by atoms with Crippen LogP contribution in [0, 0.1) is 0 Å². The zero-order valence-electron chi connectivity index (χ0n) is 16.3. The van der Waals surface area contributed by atoms with Gasteiger partial charge in [0.1, 0.15) is 5.75 Å². The first-order valence-corrected chi connectivity index (χ1v) is 9.90. The molecule has 3 rings (SSSR count). The molecule has 1 aliphatic carbocycles. The molecule has 1 saturated carbocycles. The number of methoxy groups -OCH3 is 1. The van der Waals surface area contributed by atoms with Crippen molar-refractivity contribution in [1.82, 2.24) is 0 Å². The quantitative estimate of drug-likeness (QED) is 0.782. The van der Waals surface area contributed by atoms with Gasteiger partial charge in [-0.3, -0.25) is 9.59 Å². The van der Waals surface area contributed by atoms with Crippen LogP contribution in [0.25, 0.3) is 0 Å². The second-order valence-electron chi connectivity index (χ2n) is 7.25. The van der Waals surface area contributed by atoms with Gasteiger partial charge in [0, 0.05) is 30.2 Å². The maximum absolute atomic E-state index is 13.1. The summed E-state index contributed by atoms with van der Waals surface area (Å²) in [6, 6.07) is 14.7. The van der Waals surface area contributed by atoms with E-state index in [9.17, 15) is 9.59 Å². The predicted octanol–water partition coefficient (Wildman–Crippen LogP) is 2.84. The van der Waals surface area contributed by atoms with E-state index in [4.69, 9.17) is 16.3 Å². The summed E-state index contributed by atoms with van der Waals surface area (Å²) in [6.45, 7) is 0.161. The van der Waals surface area contributed by atoms with Gasteiger partial charge in [-0.2, -0.15) is 0 Å². The molecule has 5 nitrogen and oxygen atoms in total. The zero-order valence-corrected chi connectivity index (χ0v) is 17.0. The van der Waals surface area contributed by atoms with Crippen molar-refractivity contribution in [3.8, 4) is 5.75 Å². The number of rotatable bonds is 6. The average molecular weight is 402 g/mol. The molecule has 0 aromatic heterocycles. The van der Waals surface area contributed by atoms with E-state index >= 15 is 0 Å². The van der Waals surface area contributed by atoms with Crippen molar-refractivity contribution in [3.05, 3.63) is 59.1 Å². The van der Waals surface area contributed by atoms with Gasteiger partial charge in [-0.05, 0) is 31.0 Å². The van der Waals surface area contributed by atoms with Crippen LogP contribution in [0.5, 0.6) is 5.75 Å². The second-order valence-corrected chi connectivity index (χ2v) is 7.66. The summed E-state index contributed by atoms with van der Waals surface area (Å²) >= 11 is 6.48. The van der Waals surface area contributed by atoms with E-state index in [1.54, 1.807) is 13.2 Å². The van der Waals surface area contributed by atoms with Crippen molar-refractivity contribution in [2.75, 3.05) is 26.0 Å². The van der Waals surface area contributed by atoms with E-state index in [0.717, 1.165) is 23.3 Å². The first-order chi connectivity index (χ1) is 13.5. The van der Waals surface area contributed by atoms with Crippen molar-refractivity contribution in [2.24, 2.45) is 0 Å². The van der Waals surface area contributed by atoms with Crippen LogP contribution in [0.1, 0.15) is 31.2 Å². The molecule has 28 heavy (non-hydrogen) atoms. The Kier molecular flexibility index (Phi) is 6.37. The minimum absolute atomic E-state index is 0.151. The Morgan fingerprint density at radius 1 is 1.21 bits per heavy atom. The molecule has 0 saturated heterocycles. The summed E-state index contributed by atoms with van der Waals surface area (Å²) in [5, 5.41) is 3.48. The Morgan fingerprint density at radius 3 is 2.71 bits per heavy atom. The van der Waals surface area contributed by atoms with Gasteiger partial charge in [0.05, 0.1) is 19.2 Å². The summed E-state index contributed by atoms with van der Waals surface area (Å²) in [5.74, 6) is 0.669. The van der Waals surface area contributed by atoms with Crippen molar-refractivity contribution in [2.45, 2.75) is 31.2 Å². The third-order valence-corrected chi connectivity index (χ3v) is 5.85. The molecule has 1 aliphatic rings. The van der Waals surface area contributed by atoms with Crippen LogP contribution in [-0.4, -0.2) is 32.4 Å². The van der Waals surface area contributed by atoms with Gasteiger partial charge >= 0.3 is 0 Å². The van der Waals surface area contributed by atoms with Gasteiger partial charge in [-0.15, -0.1) is 0 Å². The van der Waals surface area contributed by atoms with Gasteiger partial charge in [0.15, 0.2) is 17.9 Å². The van der Waals surface area contributed by atoms with Gasteiger partial charge in [0.2, 0.25) is 0 Å². The third-order valence-electron chi connectivity index (χ3n) is 5.52. The second kappa shape index (κ2) is 8.76. The summed E-state index contributed by atoms with van der Waals surface area (Å²) in [6.07, 6.45) is 3.02. The molecule has 2 atom stereocenters. The van der Waals surface area contributed by atoms with Crippen LogP contribution in [0.3, 0.4) is 0 Å². The molecule has 1 unspecified atom stereocenters. The number of carbonyl (C=O) groups excluding carboxylic acids is 2.